The molecule has 1 aromatic heterocycles. The summed E-state index contributed by atoms with van der Waals surface area (Å²) in [5, 5.41) is 2.99. The molecule has 1 aromatic rings. The number of nitrogens with zero attached hydrogens (tertiary/aromatic N) is 2. The van der Waals surface area contributed by atoms with E-state index >= 15 is 0 Å². The number of hydrogen-bond acceptors (Lipinski definition) is 3. The van der Waals surface area contributed by atoms with E-state index in [1.807, 2.05) is 0 Å². The maximum atomic E-state index is 12.0. The lowest BCUT2D eigenvalue weighted by atomic mass is 9.98. The van der Waals surface area contributed by atoms with Crippen LogP contribution in [0.4, 0.5) is 0 Å². The van der Waals surface area contributed by atoms with Crippen LogP contribution in [0.3, 0.4) is 0 Å². The molecule has 2 rings (SSSR count). The number of rotatable bonds is 3. The number of amides is 1. The molecule has 1 atom stereocenters. The lowest BCUT2D eigenvalue weighted by molar-refractivity contribution is 0.0935. The zero-order chi connectivity index (χ0) is 13.0. The van der Waals surface area contributed by atoms with Crippen LogP contribution in [0.15, 0.2) is 22.9 Å². The van der Waals surface area contributed by atoms with E-state index in [0.29, 0.717) is 16.1 Å². The van der Waals surface area contributed by atoms with Crippen LogP contribution < -0.4 is 5.32 Å². The fourth-order valence-electron chi connectivity index (χ4n) is 2.33. The summed E-state index contributed by atoms with van der Waals surface area (Å²) in [6.07, 6.45) is 4.07. The largest absolute Gasteiger partial charge is 0.352 e. The molecule has 0 bridgehead atoms. The summed E-state index contributed by atoms with van der Waals surface area (Å²) in [6.45, 7) is 2.97. The molecule has 0 aromatic carbocycles. The summed E-state index contributed by atoms with van der Waals surface area (Å²) < 4.78 is 0.600. The van der Waals surface area contributed by atoms with Crippen molar-refractivity contribution in [3.8, 4) is 0 Å². The van der Waals surface area contributed by atoms with E-state index in [-0.39, 0.29) is 5.91 Å². The fraction of sp³-hybridized carbons (Fsp3) is 0.538. The number of pyridine rings is 1. The minimum Gasteiger partial charge on any atom is -0.352 e. The zero-order valence-corrected chi connectivity index (χ0v) is 12.1. The van der Waals surface area contributed by atoms with Gasteiger partial charge in [0.05, 0.1) is 5.56 Å². The van der Waals surface area contributed by atoms with Crippen molar-refractivity contribution in [2.45, 2.75) is 12.8 Å². The smallest absolute Gasteiger partial charge is 0.254 e. The Morgan fingerprint density at radius 3 is 3.22 bits per heavy atom. The molecule has 5 heteroatoms. The average Bonchev–Trinajstić information content (AvgIpc) is 2.37. The number of carbonyl (C=O) groups excluding carboxylic acids is 1. The highest BCUT2D eigenvalue weighted by Gasteiger charge is 2.18. The number of nitrogens with one attached hydrogen (secondary N) is 1. The van der Waals surface area contributed by atoms with E-state index in [0.717, 1.165) is 13.1 Å². The van der Waals surface area contributed by atoms with Gasteiger partial charge in [0.25, 0.3) is 5.91 Å². The van der Waals surface area contributed by atoms with E-state index in [1.54, 1.807) is 18.3 Å². The van der Waals surface area contributed by atoms with Crippen LogP contribution in [0.2, 0.25) is 0 Å². The zero-order valence-electron chi connectivity index (χ0n) is 10.5. The monoisotopic (exact) mass is 311 g/mol. The number of halogens is 1. The van der Waals surface area contributed by atoms with Gasteiger partial charge in [-0.2, -0.15) is 0 Å². The molecule has 1 amide bonds. The Kier molecular flexibility index (Phi) is 4.72. The standard InChI is InChI=1S/C13H18BrN3O/c1-17-7-3-4-10(9-17)8-16-13(18)11-5-2-6-15-12(11)14/h2,5-6,10H,3-4,7-9H2,1H3,(H,16,18). The first-order chi connectivity index (χ1) is 8.66. The van der Waals surface area contributed by atoms with Crippen molar-refractivity contribution >= 4 is 21.8 Å². The fourth-order valence-corrected chi connectivity index (χ4v) is 2.76. The predicted octanol–water partition coefficient (Wildman–Crippen LogP) is 1.92. The van der Waals surface area contributed by atoms with Gasteiger partial charge in [-0.05, 0) is 60.4 Å². The highest BCUT2D eigenvalue weighted by molar-refractivity contribution is 9.10. The third-order valence-corrected chi connectivity index (χ3v) is 3.91. The summed E-state index contributed by atoms with van der Waals surface area (Å²) >= 11 is 3.29. The third kappa shape index (κ3) is 3.53. The topological polar surface area (TPSA) is 45.2 Å². The van der Waals surface area contributed by atoms with Gasteiger partial charge in [-0.25, -0.2) is 4.98 Å². The molecule has 0 radical (unpaired) electrons. The van der Waals surface area contributed by atoms with Crippen LogP contribution in [0, 0.1) is 5.92 Å². The van der Waals surface area contributed by atoms with Crippen LogP contribution in [-0.4, -0.2) is 42.5 Å². The molecule has 0 spiro atoms. The first kappa shape index (κ1) is 13.5. The molecule has 98 valence electrons. The highest BCUT2D eigenvalue weighted by Crippen LogP contribution is 2.15. The molecule has 18 heavy (non-hydrogen) atoms. The van der Waals surface area contributed by atoms with Gasteiger partial charge in [-0.1, -0.05) is 0 Å². The van der Waals surface area contributed by atoms with E-state index < -0.39 is 0 Å². The van der Waals surface area contributed by atoms with Gasteiger partial charge in [0, 0.05) is 19.3 Å². The summed E-state index contributed by atoms with van der Waals surface area (Å²) in [6, 6.07) is 3.55. The maximum absolute atomic E-state index is 12.0. The maximum Gasteiger partial charge on any atom is 0.254 e. The van der Waals surface area contributed by atoms with E-state index in [2.05, 4.69) is 38.2 Å². The van der Waals surface area contributed by atoms with Crippen molar-refractivity contribution in [1.82, 2.24) is 15.2 Å². The highest BCUT2D eigenvalue weighted by atomic mass is 79.9. The molecule has 2 heterocycles. The van der Waals surface area contributed by atoms with Crippen LogP contribution in [0.1, 0.15) is 23.2 Å². The van der Waals surface area contributed by atoms with Crippen LogP contribution in [0.5, 0.6) is 0 Å². The van der Waals surface area contributed by atoms with Gasteiger partial charge >= 0.3 is 0 Å². The molecule has 1 fully saturated rings. The number of likely N-dealkylation sites (tertiary alicyclic amines) is 1. The molecular weight excluding hydrogens is 294 g/mol. The minimum absolute atomic E-state index is 0.0526. The first-order valence-electron chi connectivity index (χ1n) is 6.24. The second-order valence-electron chi connectivity index (χ2n) is 4.82. The van der Waals surface area contributed by atoms with Gasteiger partial charge in [0.15, 0.2) is 0 Å². The quantitative estimate of drug-likeness (QED) is 0.867. The lowest BCUT2D eigenvalue weighted by Gasteiger charge is -2.29. The van der Waals surface area contributed by atoms with Crippen molar-refractivity contribution in [2.24, 2.45) is 5.92 Å². The Labute approximate surface area is 116 Å². The number of carbonyl (C=O) groups is 1. The number of aromatic nitrogens is 1. The SMILES string of the molecule is CN1CCCC(CNC(=O)c2cccnc2Br)C1. The van der Waals surface area contributed by atoms with Crippen molar-refractivity contribution in [1.29, 1.82) is 0 Å². The average molecular weight is 312 g/mol. The Hall–Kier alpha value is -0.940. The van der Waals surface area contributed by atoms with Gasteiger partial charge in [0.1, 0.15) is 4.60 Å². The van der Waals surface area contributed by atoms with Crippen LogP contribution in [0.25, 0.3) is 0 Å². The number of piperidine rings is 1. The molecule has 1 N–H and O–H groups in total. The van der Waals surface area contributed by atoms with E-state index in [1.165, 1.54) is 19.4 Å². The van der Waals surface area contributed by atoms with Crippen molar-refractivity contribution in [3.05, 3.63) is 28.5 Å². The number of hydrogen-bond donors (Lipinski definition) is 1. The normalized spacial score (nSPS) is 20.7. The van der Waals surface area contributed by atoms with Crippen molar-refractivity contribution in [3.63, 3.8) is 0 Å². The van der Waals surface area contributed by atoms with Crippen molar-refractivity contribution < 1.29 is 4.79 Å². The molecule has 1 saturated heterocycles. The summed E-state index contributed by atoms with van der Waals surface area (Å²) in [5.74, 6) is 0.506. The summed E-state index contributed by atoms with van der Waals surface area (Å²) in [5.41, 5.74) is 0.599. The Morgan fingerprint density at radius 2 is 2.50 bits per heavy atom. The second-order valence-corrected chi connectivity index (χ2v) is 5.57. The Morgan fingerprint density at radius 1 is 1.67 bits per heavy atom. The van der Waals surface area contributed by atoms with Crippen LogP contribution >= 0.6 is 15.9 Å². The summed E-state index contributed by atoms with van der Waals surface area (Å²) in [4.78, 5) is 18.4. The third-order valence-electron chi connectivity index (χ3n) is 3.28. The van der Waals surface area contributed by atoms with Crippen LogP contribution in [-0.2, 0) is 0 Å². The molecule has 4 nitrogen and oxygen atoms in total. The Balaban J connectivity index is 1.87. The molecule has 0 aliphatic carbocycles. The second kappa shape index (κ2) is 6.29. The minimum atomic E-state index is -0.0526. The first-order valence-corrected chi connectivity index (χ1v) is 7.03. The van der Waals surface area contributed by atoms with Gasteiger partial charge < -0.3 is 10.2 Å². The van der Waals surface area contributed by atoms with E-state index in [4.69, 9.17) is 0 Å². The van der Waals surface area contributed by atoms with E-state index in [9.17, 15) is 4.79 Å². The molecule has 1 aliphatic rings. The lowest BCUT2D eigenvalue weighted by Crippen LogP contribution is -2.39. The van der Waals surface area contributed by atoms with Gasteiger partial charge in [-0.15, -0.1) is 0 Å². The summed E-state index contributed by atoms with van der Waals surface area (Å²) in [7, 11) is 2.13. The predicted molar refractivity (Wildman–Crippen MR) is 74.5 cm³/mol. The molecule has 1 unspecified atom stereocenters. The molecular formula is C13H18BrN3O. The molecule has 0 saturated carbocycles. The van der Waals surface area contributed by atoms with Gasteiger partial charge in [-0.3, -0.25) is 4.79 Å². The molecule has 1 aliphatic heterocycles. The Bertz CT molecular complexity index is 424. The van der Waals surface area contributed by atoms with Gasteiger partial charge in [0.2, 0.25) is 0 Å². The van der Waals surface area contributed by atoms with Crippen molar-refractivity contribution in [2.75, 3.05) is 26.7 Å².